The minimum absolute atomic E-state index is 0.0150. The van der Waals surface area contributed by atoms with Gasteiger partial charge in [0.05, 0.1) is 11.3 Å². The van der Waals surface area contributed by atoms with E-state index in [0.717, 1.165) is 45.1 Å². The van der Waals surface area contributed by atoms with Crippen molar-refractivity contribution in [2.24, 2.45) is 40.4 Å². The highest BCUT2D eigenvalue weighted by atomic mass is 16.5. The summed E-state index contributed by atoms with van der Waals surface area (Å²) in [5.74, 6) is 4.21. The molecule has 1 amide bonds. The quantitative estimate of drug-likeness (QED) is 0.276. The zero-order valence-electron chi connectivity index (χ0n) is 25.7. The monoisotopic (exact) mass is 559 g/mol. The van der Waals surface area contributed by atoms with Crippen LogP contribution in [-0.4, -0.2) is 30.6 Å². The van der Waals surface area contributed by atoms with Gasteiger partial charge in [-0.15, -0.1) is 0 Å². The van der Waals surface area contributed by atoms with Crippen LogP contribution >= 0.6 is 0 Å². The molecule has 222 valence electrons. The van der Waals surface area contributed by atoms with Gasteiger partial charge in [0.1, 0.15) is 12.2 Å². The van der Waals surface area contributed by atoms with Crippen LogP contribution in [0.1, 0.15) is 103 Å². The zero-order chi connectivity index (χ0) is 28.9. The fourth-order valence-corrected chi connectivity index (χ4v) is 9.90. The summed E-state index contributed by atoms with van der Waals surface area (Å²) >= 11 is 0. The van der Waals surface area contributed by atoms with E-state index in [9.17, 15) is 9.59 Å². The second kappa shape index (κ2) is 10.9. The Bertz CT molecular complexity index is 1240. The molecule has 0 radical (unpaired) electrons. The van der Waals surface area contributed by atoms with E-state index in [1.165, 1.54) is 30.6 Å². The predicted molar refractivity (Wildman–Crippen MR) is 161 cm³/mol. The number of fused-ring (bicyclic) bond motifs is 7. The van der Waals surface area contributed by atoms with Crippen molar-refractivity contribution >= 4 is 11.9 Å². The number of rotatable bonds is 7. The van der Waals surface area contributed by atoms with Crippen molar-refractivity contribution in [2.45, 2.75) is 105 Å². The standard InChI is InChI=1S/C36H49NO4/c1-22(21-37-24(3)38)11-14-31-23(2)33-32(41-31)20-30-28-13-12-26-19-27(40-34(39)25-9-7-6-8-10-25)15-17-35(26,4)29(28)16-18-36(30,33)5/h6-10,12,22,27-30,32-33H,11,13-21H2,1-5H3,(H,37,38)/t22-,27+,28-,29-,30-,32+,33-,35+,36+/m1/s1. The van der Waals surface area contributed by atoms with E-state index in [1.54, 1.807) is 12.5 Å². The highest BCUT2D eigenvalue weighted by Crippen LogP contribution is 2.69. The number of benzene rings is 1. The average molecular weight is 560 g/mol. The van der Waals surface area contributed by atoms with Crippen molar-refractivity contribution < 1.29 is 19.1 Å². The molecule has 41 heavy (non-hydrogen) atoms. The molecule has 1 heterocycles. The smallest absolute Gasteiger partial charge is 0.338 e. The van der Waals surface area contributed by atoms with E-state index in [-0.39, 0.29) is 23.4 Å². The molecule has 0 saturated heterocycles. The Hall–Kier alpha value is -2.56. The van der Waals surface area contributed by atoms with E-state index in [0.29, 0.717) is 46.7 Å². The molecule has 1 N–H and O–H groups in total. The van der Waals surface area contributed by atoms with Gasteiger partial charge in [-0.25, -0.2) is 4.79 Å². The van der Waals surface area contributed by atoms with Gasteiger partial charge in [-0.2, -0.15) is 0 Å². The number of carbonyl (C=O) groups excluding carboxylic acids is 2. The molecule has 6 rings (SSSR count). The van der Waals surface area contributed by atoms with Crippen molar-refractivity contribution in [1.29, 1.82) is 0 Å². The van der Waals surface area contributed by atoms with Crippen LogP contribution in [-0.2, 0) is 14.3 Å². The lowest BCUT2D eigenvalue weighted by Crippen LogP contribution is -2.50. The third kappa shape index (κ3) is 5.06. The van der Waals surface area contributed by atoms with Gasteiger partial charge in [0.15, 0.2) is 0 Å². The highest BCUT2D eigenvalue weighted by molar-refractivity contribution is 5.89. The SMILES string of the molecule is CC(=O)NC[C@H](C)CCC1=C(C)[C@@H]2[C@H](C[C@@H]3[C@@H]4CC=C5C[C@@H](OC(=O)c6ccccc6)CC[C@]5(C)[C@@H]4CC[C@@]32C)O1. The second-order valence-electron chi connectivity index (χ2n) is 14.5. The first kappa shape index (κ1) is 28.6. The maximum atomic E-state index is 12.7. The fourth-order valence-electron chi connectivity index (χ4n) is 9.90. The van der Waals surface area contributed by atoms with Crippen LogP contribution in [0.2, 0.25) is 0 Å². The van der Waals surface area contributed by atoms with Crippen LogP contribution in [0.25, 0.3) is 0 Å². The Morgan fingerprint density at radius 3 is 2.66 bits per heavy atom. The minimum atomic E-state index is -0.190. The molecular formula is C36H49NO4. The van der Waals surface area contributed by atoms with Crippen molar-refractivity contribution in [2.75, 3.05) is 6.54 Å². The maximum Gasteiger partial charge on any atom is 0.338 e. The van der Waals surface area contributed by atoms with E-state index >= 15 is 0 Å². The largest absolute Gasteiger partial charge is 0.494 e. The lowest BCUT2D eigenvalue weighted by Gasteiger charge is -2.58. The summed E-state index contributed by atoms with van der Waals surface area (Å²) in [6.07, 6.45) is 12.8. The third-order valence-electron chi connectivity index (χ3n) is 12.1. The van der Waals surface area contributed by atoms with Crippen LogP contribution in [0.4, 0.5) is 0 Å². The Kier molecular flexibility index (Phi) is 7.61. The van der Waals surface area contributed by atoms with Crippen molar-refractivity contribution in [3.8, 4) is 0 Å². The minimum Gasteiger partial charge on any atom is -0.494 e. The molecule has 3 fully saturated rings. The number of nitrogens with one attached hydrogen (secondary N) is 1. The first-order chi connectivity index (χ1) is 19.6. The van der Waals surface area contributed by atoms with E-state index in [2.05, 4.69) is 39.1 Å². The summed E-state index contributed by atoms with van der Waals surface area (Å²) in [5, 5.41) is 2.96. The molecule has 1 aromatic rings. The van der Waals surface area contributed by atoms with Gasteiger partial charge in [-0.3, -0.25) is 4.79 Å². The van der Waals surface area contributed by atoms with Crippen LogP contribution in [0.15, 0.2) is 53.3 Å². The topological polar surface area (TPSA) is 64.6 Å². The van der Waals surface area contributed by atoms with Crippen molar-refractivity contribution in [3.63, 3.8) is 0 Å². The molecule has 5 nitrogen and oxygen atoms in total. The number of hydrogen-bond acceptors (Lipinski definition) is 4. The molecule has 5 heteroatoms. The van der Waals surface area contributed by atoms with Gasteiger partial charge >= 0.3 is 5.97 Å². The lowest BCUT2D eigenvalue weighted by atomic mass is 9.47. The number of carbonyl (C=O) groups is 2. The molecule has 0 spiro atoms. The molecule has 3 saturated carbocycles. The summed E-state index contributed by atoms with van der Waals surface area (Å²) in [4.78, 5) is 24.0. The van der Waals surface area contributed by atoms with Gasteiger partial charge in [0.2, 0.25) is 5.91 Å². The van der Waals surface area contributed by atoms with Crippen LogP contribution in [0, 0.1) is 40.4 Å². The molecule has 9 atom stereocenters. The normalized spacial score (nSPS) is 38.0. The Labute approximate surface area is 246 Å². The molecule has 0 bridgehead atoms. The molecular weight excluding hydrogens is 510 g/mol. The number of hydrogen-bond donors (Lipinski definition) is 1. The third-order valence-corrected chi connectivity index (χ3v) is 12.1. The molecule has 1 aromatic carbocycles. The van der Waals surface area contributed by atoms with Crippen molar-refractivity contribution in [3.05, 3.63) is 58.9 Å². The fraction of sp³-hybridized carbons (Fsp3) is 0.667. The van der Waals surface area contributed by atoms with Gasteiger partial charge in [0, 0.05) is 32.2 Å². The van der Waals surface area contributed by atoms with E-state index < -0.39 is 0 Å². The van der Waals surface area contributed by atoms with E-state index in [1.807, 2.05) is 30.3 Å². The maximum absolute atomic E-state index is 12.7. The molecule has 1 aliphatic heterocycles. The summed E-state index contributed by atoms with van der Waals surface area (Å²) in [7, 11) is 0. The van der Waals surface area contributed by atoms with E-state index in [4.69, 9.17) is 9.47 Å². The number of amides is 1. The van der Waals surface area contributed by atoms with Gasteiger partial charge in [0.25, 0.3) is 0 Å². The average Bonchev–Trinajstić information content (AvgIpc) is 3.44. The number of ether oxygens (including phenoxy) is 2. The molecule has 0 aromatic heterocycles. The Morgan fingerprint density at radius 2 is 1.90 bits per heavy atom. The van der Waals surface area contributed by atoms with Gasteiger partial charge in [-0.1, -0.05) is 50.6 Å². The van der Waals surface area contributed by atoms with Gasteiger partial charge < -0.3 is 14.8 Å². The number of allylic oxidation sites excluding steroid dienone is 2. The zero-order valence-corrected chi connectivity index (χ0v) is 25.7. The van der Waals surface area contributed by atoms with Crippen LogP contribution in [0.5, 0.6) is 0 Å². The highest BCUT2D eigenvalue weighted by Gasteiger charge is 2.63. The molecule has 5 aliphatic rings. The molecule has 4 aliphatic carbocycles. The Balaban J connectivity index is 1.12. The Morgan fingerprint density at radius 1 is 1.12 bits per heavy atom. The summed E-state index contributed by atoms with van der Waals surface area (Å²) in [6, 6.07) is 9.40. The van der Waals surface area contributed by atoms with Crippen molar-refractivity contribution in [1.82, 2.24) is 5.32 Å². The first-order valence-electron chi connectivity index (χ1n) is 16.2. The second-order valence-corrected chi connectivity index (χ2v) is 14.5. The summed E-state index contributed by atoms with van der Waals surface area (Å²) in [5.41, 5.74) is 4.22. The lowest BCUT2D eigenvalue weighted by molar-refractivity contribution is -0.119. The first-order valence-corrected chi connectivity index (χ1v) is 16.2. The predicted octanol–water partition coefficient (Wildman–Crippen LogP) is 7.63. The van der Waals surface area contributed by atoms with Crippen LogP contribution in [0.3, 0.4) is 0 Å². The number of esters is 1. The summed E-state index contributed by atoms with van der Waals surface area (Å²) in [6.45, 7) is 12.0. The summed E-state index contributed by atoms with van der Waals surface area (Å²) < 4.78 is 12.8. The molecule has 0 unspecified atom stereocenters. The van der Waals surface area contributed by atoms with Crippen LogP contribution < -0.4 is 5.32 Å². The van der Waals surface area contributed by atoms with Gasteiger partial charge in [-0.05, 0) is 104 Å².